The zero-order valence-electron chi connectivity index (χ0n) is 8.69. The number of nitrogens with two attached hydrogens (primary N) is 1. The van der Waals surface area contributed by atoms with Crippen molar-refractivity contribution in [3.63, 3.8) is 0 Å². The summed E-state index contributed by atoms with van der Waals surface area (Å²) in [5, 5.41) is 3.02. The Morgan fingerprint density at radius 1 is 1.73 bits per heavy atom. The number of nitrogens with zero attached hydrogens (tertiary/aromatic N) is 2. The van der Waals surface area contributed by atoms with Gasteiger partial charge in [-0.1, -0.05) is 18.7 Å². The van der Waals surface area contributed by atoms with Crippen molar-refractivity contribution in [2.75, 3.05) is 12.3 Å². The number of hydrogen-bond donors (Lipinski definition) is 2. The van der Waals surface area contributed by atoms with Crippen LogP contribution in [0.1, 0.15) is 12.7 Å². The van der Waals surface area contributed by atoms with Crippen LogP contribution in [0.15, 0.2) is 4.34 Å². The van der Waals surface area contributed by atoms with Gasteiger partial charge >= 0.3 is 0 Å². The second-order valence-electron chi connectivity index (χ2n) is 2.93. The van der Waals surface area contributed by atoms with Gasteiger partial charge in [-0.05, 0) is 25.0 Å². The highest BCUT2D eigenvalue weighted by molar-refractivity contribution is 8.01. The van der Waals surface area contributed by atoms with E-state index in [1.807, 2.05) is 13.8 Å². The number of thioether (sulfide) groups is 1. The normalized spacial score (nSPS) is 12.7. The molecule has 0 aromatic carbocycles. The number of aromatic nitrogens is 2. The number of likely N-dealkylation sites (N-methyl/N-ethyl adjacent to an activating group) is 1. The van der Waals surface area contributed by atoms with Crippen LogP contribution in [0, 0.1) is 6.92 Å². The lowest BCUT2D eigenvalue weighted by Gasteiger charge is -2.11. The Morgan fingerprint density at radius 3 is 2.93 bits per heavy atom. The second kappa shape index (κ2) is 6.04. The molecule has 0 radical (unpaired) electrons. The molecule has 0 saturated heterocycles. The largest absolute Gasteiger partial charge is 0.368 e. The number of rotatable bonds is 6. The second-order valence-corrected chi connectivity index (χ2v) is 4.95. The van der Waals surface area contributed by atoms with Crippen molar-refractivity contribution in [2.24, 2.45) is 5.73 Å². The van der Waals surface area contributed by atoms with Gasteiger partial charge in [-0.3, -0.25) is 4.79 Å². The average Bonchev–Trinajstić information content (AvgIpc) is 2.58. The standard InChI is InChI=1S/C8H14N4OS2/c1-3-10-6(7(9)13)4-14-8-11-5(2)12-15-8/h6,10H,3-4H2,1-2H3,(H2,9,13). The summed E-state index contributed by atoms with van der Waals surface area (Å²) < 4.78 is 4.93. The molecular weight excluding hydrogens is 232 g/mol. The van der Waals surface area contributed by atoms with Gasteiger partial charge in [0.15, 0.2) is 4.34 Å². The van der Waals surface area contributed by atoms with Crippen molar-refractivity contribution >= 4 is 29.2 Å². The molecule has 1 unspecified atom stereocenters. The predicted octanol–water partition coefficient (Wildman–Crippen LogP) is 0.402. The van der Waals surface area contributed by atoms with Gasteiger partial charge in [0.1, 0.15) is 5.82 Å². The fourth-order valence-corrected chi connectivity index (χ4v) is 2.72. The third-order valence-electron chi connectivity index (χ3n) is 1.68. The maximum atomic E-state index is 11.0. The van der Waals surface area contributed by atoms with Gasteiger partial charge in [0.25, 0.3) is 0 Å². The lowest BCUT2D eigenvalue weighted by atomic mass is 10.3. The Bertz CT molecular complexity index is 328. The predicted molar refractivity (Wildman–Crippen MR) is 62.0 cm³/mol. The molecule has 1 heterocycles. The highest BCUT2D eigenvalue weighted by Gasteiger charge is 2.14. The van der Waals surface area contributed by atoms with E-state index in [0.29, 0.717) is 5.75 Å². The molecular formula is C8H14N4OS2. The van der Waals surface area contributed by atoms with Crippen molar-refractivity contribution in [3.05, 3.63) is 5.82 Å². The maximum absolute atomic E-state index is 11.0. The summed E-state index contributed by atoms with van der Waals surface area (Å²) in [5.41, 5.74) is 5.24. The molecule has 1 aromatic heterocycles. The molecule has 0 aliphatic rings. The number of amides is 1. The molecule has 0 bridgehead atoms. The fraction of sp³-hybridized carbons (Fsp3) is 0.625. The number of carbonyl (C=O) groups is 1. The van der Waals surface area contributed by atoms with Crippen molar-refractivity contribution in [3.8, 4) is 0 Å². The van der Waals surface area contributed by atoms with Gasteiger partial charge in [-0.15, -0.1) is 0 Å². The van der Waals surface area contributed by atoms with Gasteiger partial charge in [-0.25, -0.2) is 4.98 Å². The van der Waals surface area contributed by atoms with E-state index in [2.05, 4.69) is 14.7 Å². The summed E-state index contributed by atoms with van der Waals surface area (Å²) >= 11 is 2.84. The summed E-state index contributed by atoms with van der Waals surface area (Å²) in [6, 6.07) is -0.302. The van der Waals surface area contributed by atoms with E-state index in [9.17, 15) is 4.79 Å². The molecule has 15 heavy (non-hydrogen) atoms. The minimum atomic E-state index is -0.328. The summed E-state index contributed by atoms with van der Waals surface area (Å²) in [4.78, 5) is 15.2. The summed E-state index contributed by atoms with van der Waals surface area (Å²) in [7, 11) is 0. The van der Waals surface area contributed by atoms with Crippen molar-refractivity contribution < 1.29 is 4.79 Å². The Hall–Kier alpha value is -0.660. The van der Waals surface area contributed by atoms with E-state index < -0.39 is 0 Å². The van der Waals surface area contributed by atoms with E-state index >= 15 is 0 Å². The summed E-state index contributed by atoms with van der Waals surface area (Å²) in [6.45, 7) is 4.51. The first-order valence-electron chi connectivity index (χ1n) is 4.59. The van der Waals surface area contributed by atoms with Gasteiger partial charge < -0.3 is 11.1 Å². The number of primary amides is 1. The first-order valence-corrected chi connectivity index (χ1v) is 6.35. The van der Waals surface area contributed by atoms with Crippen LogP contribution in [0.2, 0.25) is 0 Å². The van der Waals surface area contributed by atoms with Crippen LogP contribution >= 0.6 is 23.3 Å². The van der Waals surface area contributed by atoms with Gasteiger partial charge in [0, 0.05) is 5.75 Å². The fourth-order valence-electron chi connectivity index (χ4n) is 0.979. The molecule has 0 saturated carbocycles. The molecule has 5 nitrogen and oxygen atoms in total. The first kappa shape index (κ1) is 12.4. The van der Waals surface area contributed by atoms with Crippen molar-refractivity contribution in [1.29, 1.82) is 0 Å². The number of aryl methyl sites for hydroxylation is 1. The lowest BCUT2D eigenvalue weighted by Crippen LogP contribution is -2.42. The molecule has 0 fully saturated rings. The molecule has 0 aliphatic carbocycles. The molecule has 1 aromatic rings. The number of carbonyl (C=O) groups excluding carboxylic acids is 1. The highest BCUT2D eigenvalue weighted by Crippen LogP contribution is 2.20. The van der Waals surface area contributed by atoms with Crippen LogP contribution < -0.4 is 11.1 Å². The molecule has 0 aliphatic heterocycles. The summed E-state index contributed by atoms with van der Waals surface area (Å²) in [6.07, 6.45) is 0. The Morgan fingerprint density at radius 2 is 2.47 bits per heavy atom. The van der Waals surface area contributed by atoms with Crippen LogP contribution in [0.25, 0.3) is 0 Å². The maximum Gasteiger partial charge on any atom is 0.235 e. The lowest BCUT2D eigenvalue weighted by molar-refractivity contribution is -0.119. The van der Waals surface area contributed by atoms with E-state index in [-0.39, 0.29) is 11.9 Å². The van der Waals surface area contributed by atoms with Crippen molar-refractivity contribution in [2.45, 2.75) is 24.2 Å². The molecule has 1 atom stereocenters. The molecule has 0 spiro atoms. The van der Waals surface area contributed by atoms with Crippen LogP contribution in [0.3, 0.4) is 0 Å². The summed E-state index contributed by atoms with van der Waals surface area (Å²) in [5.74, 6) is 1.03. The molecule has 7 heteroatoms. The van der Waals surface area contributed by atoms with Crippen LogP contribution in [0.5, 0.6) is 0 Å². The Kier molecular flexibility index (Phi) is 5.00. The zero-order chi connectivity index (χ0) is 11.3. The van der Waals surface area contributed by atoms with Crippen LogP contribution in [-0.2, 0) is 4.79 Å². The number of hydrogen-bond acceptors (Lipinski definition) is 6. The third kappa shape index (κ3) is 4.15. The van der Waals surface area contributed by atoms with Crippen LogP contribution in [0.4, 0.5) is 0 Å². The SMILES string of the molecule is CCNC(CSc1nc(C)ns1)C(N)=O. The first-order chi connectivity index (χ1) is 7.13. The third-order valence-corrected chi connectivity index (χ3v) is 3.69. The Balaban J connectivity index is 2.43. The molecule has 1 rings (SSSR count). The highest BCUT2D eigenvalue weighted by atomic mass is 32.2. The smallest absolute Gasteiger partial charge is 0.235 e. The topological polar surface area (TPSA) is 80.9 Å². The monoisotopic (exact) mass is 246 g/mol. The van der Waals surface area contributed by atoms with E-state index in [0.717, 1.165) is 16.7 Å². The Labute approximate surface area is 97.0 Å². The minimum absolute atomic E-state index is 0.302. The molecule has 1 amide bonds. The van der Waals surface area contributed by atoms with E-state index in [1.165, 1.54) is 23.3 Å². The average molecular weight is 246 g/mol. The zero-order valence-corrected chi connectivity index (χ0v) is 10.3. The van der Waals surface area contributed by atoms with E-state index in [1.54, 1.807) is 0 Å². The minimum Gasteiger partial charge on any atom is -0.368 e. The van der Waals surface area contributed by atoms with Crippen LogP contribution in [-0.4, -0.2) is 33.6 Å². The number of nitrogens with one attached hydrogen (secondary N) is 1. The van der Waals surface area contributed by atoms with Crippen molar-refractivity contribution in [1.82, 2.24) is 14.7 Å². The molecule has 3 N–H and O–H groups in total. The van der Waals surface area contributed by atoms with E-state index in [4.69, 9.17) is 5.73 Å². The van der Waals surface area contributed by atoms with Gasteiger partial charge in [0.05, 0.1) is 6.04 Å². The van der Waals surface area contributed by atoms with Gasteiger partial charge in [-0.2, -0.15) is 4.37 Å². The quantitative estimate of drug-likeness (QED) is 0.710. The molecule has 84 valence electrons. The van der Waals surface area contributed by atoms with Gasteiger partial charge in [0.2, 0.25) is 5.91 Å².